The largest absolute Gasteiger partial charge is 0.450 e. The fourth-order valence-electron chi connectivity index (χ4n) is 3.03. The maximum absolute atomic E-state index is 12.5. The van der Waals surface area contributed by atoms with Crippen LogP contribution in [0.15, 0.2) is 59.0 Å². The number of hydrazine groups is 1. The van der Waals surface area contributed by atoms with Crippen LogP contribution < -0.4 is 10.9 Å². The number of aryl methyl sites for hydroxylation is 2. The van der Waals surface area contributed by atoms with Crippen LogP contribution in [-0.2, 0) is 0 Å². The zero-order valence-corrected chi connectivity index (χ0v) is 14.9. The molecule has 0 saturated carbocycles. The van der Waals surface area contributed by atoms with E-state index in [-0.39, 0.29) is 11.5 Å². The molecule has 0 bridgehead atoms. The van der Waals surface area contributed by atoms with Gasteiger partial charge >= 0.3 is 5.91 Å². The Morgan fingerprint density at radius 3 is 2.48 bits per heavy atom. The predicted molar refractivity (Wildman–Crippen MR) is 102 cm³/mol. The minimum Gasteiger partial charge on any atom is -0.450 e. The summed E-state index contributed by atoms with van der Waals surface area (Å²) in [5, 5.41) is 1.81. The van der Waals surface area contributed by atoms with Crippen molar-refractivity contribution in [3.63, 3.8) is 0 Å². The summed E-state index contributed by atoms with van der Waals surface area (Å²) in [5.41, 5.74) is 8.04. The number of nitrogens with zero attached hydrogens (tertiary/aromatic N) is 1. The van der Waals surface area contributed by atoms with Gasteiger partial charge in [0.2, 0.25) is 0 Å². The molecule has 0 atom stereocenters. The first-order chi connectivity index (χ1) is 13.0. The lowest BCUT2D eigenvalue weighted by Crippen LogP contribution is -2.42. The van der Waals surface area contributed by atoms with Crippen LogP contribution in [0, 0.1) is 13.8 Å². The van der Waals surface area contributed by atoms with E-state index < -0.39 is 11.8 Å². The smallest absolute Gasteiger partial charge is 0.305 e. The number of nitrogens with one attached hydrogen (secondary N) is 2. The van der Waals surface area contributed by atoms with Crippen molar-refractivity contribution in [2.45, 2.75) is 13.8 Å². The second-order valence-corrected chi connectivity index (χ2v) is 6.31. The summed E-state index contributed by atoms with van der Waals surface area (Å²) in [5.74, 6) is -0.845. The van der Waals surface area contributed by atoms with Crippen LogP contribution in [0.2, 0.25) is 0 Å². The number of para-hydroxylation sites is 2. The summed E-state index contributed by atoms with van der Waals surface area (Å²) in [6.07, 6.45) is 0. The van der Waals surface area contributed by atoms with Crippen molar-refractivity contribution in [3.8, 4) is 0 Å². The van der Waals surface area contributed by atoms with Gasteiger partial charge in [-0.25, -0.2) is 4.98 Å². The summed E-state index contributed by atoms with van der Waals surface area (Å²) >= 11 is 0. The number of hydrogen-bond acceptors (Lipinski definition) is 4. The van der Waals surface area contributed by atoms with Gasteiger partial charge in [-0.15, -0.1) is 0 Å². The van der Waals surface area contributed by atoms with E-state index in [9.17, 15) is 9.59 Å². The van der Waals surface area contributed by atoms with Gasteiger partial charge < -0.3 is 4.42 Å². The minimum absolute atomic E-state index is 0.172. The van der Waals surface area contributed by atoms with Crippen LogP contribution in [0.25, 0.3) is 21.9 Å². The number of rotatable bonds is 2. The Balaban J connectivity index is 1.52. The lowest BCUT2D eigenvalue weighted by Gasteiger charge is -2.06. The summed E-state index contributed by atoms with van der Waals surface area (Å²) < 4.78 is 5.71. The third-order valence-electron chi connectivity index (χ3n) is 4.49. The average Bonchev–Trinajstić information content (AvgIpc) is 3.03. The predicted octanol–water partition coefficient (Wildman–Crippen LogP) is 3.67. The molecule has 0 aliphatic heterocycles. The van der Waals surface area contributed by atoms with E-state index in [4.69, 9.17) is 4.42 Å². The topological polar surface area (TPSA) is 84.2 Å². The number of carbonyl (C=O) groups excluding carboxylic acids is 2. The lowest BCUT2D eigenvalue weighted by atomic mass is 10.1. The van der Waals surface area contributed by atoms with Crippen molar-refractivity contribution in [2.24, 2.45) is 0 Å². The number of fused-ring (bicyclic) bond motifs is 2. The fourth-order valence-corrected chi connectivity index (χ4v) is 3.03. The quantitative estimate of drug-likeness (QED) is 0.535. The molecule has 0 spiro atoms. The Hall–Kier alpha value is -3.67. The molecule has 4 rings (SSSR count). The maximum Gasteiger partial charge on any atom is 0.305 e. The van der Waals surface area contributed by atoms with Crippen molar-refractivity contribution in [1.29, 1.82) is 0 Å². The highest BCUT2D eigenvalue weighted by molar-refractivity contribution is 6.01. The number of amides is 2. The van der Waals surface area contributed by atoms with Gasteiger partial charge in [0.05, 0.1) is 5.52 Å². The molecule has 2 amide bonds. The van der Waals surface area contributed by atoms with E-state index in [1.54, 1.807) is 6.07 Å². The Kier molecular flexibility index (Phi) is 4.08. The Morgan fingerprint density at radius 2 is 1.67 bits per heavy atom. The van der Waals surface area contributed by atoms with Crippen LogP contribution in [0.5, 0.6) is 0 Å². The third kappa shape index (κ3) is 3.01. The number of aromatic nitrogens is 1. The summed E-state index contributed by atoms with van der Waals surface area (Å²) in [4.78, 5) is 29.1. The molecule has 0 saturated heterocycles. The molecule has 4 aromatic rings. The van der Waals surface area contributed by atoms with E-state index in [1.165, 1.54) is 0 Å². The molecule has 27 heavy (non-hydrogen) atoms. The Labute approximate surface area is 155 Å². The number of hydrogen-bond donors (Lipinski definition) is 2. The van der Waals surface area contributed by atoms with Crippen molar-refractivity contribution >= 4 is 33.7 Å². The van der Waals surface area contributed by atoms with Crippen LogP contribution in [0.1, 0.15) is 32.2 Å². The summed E-state index contributed by atoms with van der Waals surface area (Å²) in [7, 11) is 0. The second-order valence-electron chi connectivity index (χ2n) is 6.31. The normalized spacial score (nSPS) is 10.9. The molecule has 6 heteroatoms. The molecule has 2 heterocycles. The van der Waals surface area contributed by atoms with Crippen molar-refractivity contribution in [1.82, 2.24) is 15.8 Å². The van der Waals surface area contributed by atoms with E-state index >= 15 is 0 Å². The maximum atomic E-state index is 12.5. The summed E-state index contributed by atoms with van der Waals surface area (Å²) in [6.45, 7) is 3.73. The van der Waals surface area contributed by atoms with E-state index in [0.29, 0.717) is 11.1 Å². The van der Waals surface area contributed by atoms with Crippen molar-refractivity contribution in [3.05, 3.63) is 77.2 Å². The van der Waals surface area contributed by atoms with Gasteiger partial charge in [0, 0.05) is 16.3 Å². The number of carbonyl (C=O) groups is 2. The summed E-state index contributed by atoms with van der Waals surface area (Å²) in [6, 6.07) is 16.6. The molecule has 134 valence electrons. The van der Waals surface area contributed by atoms with Gasteiger partial charge in [0.1, 0.15) is 11.3 Å². The molecule has 2 aromatic carbocycles. The van der Waals surface area contributed by atoms with Gasteiger partial charge in [0.25, 0.3) is 5.91 Å². The highest BCUT2D eigenvalue weighted by atomic mass is 16.3. The van der Waals surface area contributed by atoms with Crippen molar-refractivity contribution < 1.29 is 14.0 Å². The van der Waals surface area contributed by atoms with Gasteiger partial charge in [0.15, 0.2) is 5.76 Å². The van der Waals surface area contributed by atoms with Gasteiger partial charge in [-0.2, -0.15) is 0 Å². The number of furan rings is 1. The number of benzene rings is 2. The van der Waals surface area contributed by atoms with Gasteiger partial charge in [-0.3, -0.25) is 20.4 Å². The zero-order chi connectivity index (χ0) is 19.0. The van der Waals surface area contributed by atoms with Crippen LogP contribution in [-0.4, -0.2) is 16.8 Å². The molecule has 0 radical (unpaired) electrons. The van der Waals surface area contributed by atoms with Crippen LogP contribution in [0.4, 0.5) is 0 Å². The molecule has 0 aliphatic carbocycles. The van der Waals surface area contributed by atoms with Gasteiger partial charge in [-0.05, 0) is 31.5 Å². The highest BCUT2D eigenvalue weighted by Crippen LogP contribution is 2.27. The molecular weight excluding hydrogens is 342 g/mol. The van der Waals surface area contributed by atoms with Gasteiger partial charge in [-0.1, -0.05) is 42.5 Å². The van der Waals surface area contributed by atoms with Crippen LogP contribution in [0.3, 0.4) is 0 Å². The molecule has 2 N–H and O–H groups in total. The molecule has 6 nitrogen and oxygen atoms in total. The van der Waals surface area contributed by atoms with E-state index in [0.717, 1.165) is 21.9 Å². The minimum atomic E-state index is -0.516. The molecule has 2 aromatic heterocycles. The van der Waals surface area contributed by atoms with E-state index in [2.05, 4.69) is 15.8 Å². The van der Waals surface area contributed by atoms with Crippen molar-refractivity contribution in [2.75, 3.05) is 0 Å². The molecule has 0 unspecified atom stereocenters. The third-order valence-corrected chi connectivity index (χ3v) is 4.49. The van der Waals surface area contributed by atoms with Crippen LogP contribution >= 0.6 is 0 Å². The monoisotopic (exact) mass is 359 g/mol. The SMILES string of the molecule is Cc1c(C(=O)NNC(=O)c2ccc3ccccc3n2)oc2c(C)cccc12. The molecular formula is C21H17N3O3. The molecule has 0 aliphatic rings. The Bertz CT molecular complexity index is 1190. The Morgan fingerprint density at radius 1 is 0.889 bits per heavy atom. The molecule has 0 fully saturated rings. The van der Waals surface area contributed by atoms with E-state index in [1.807, 2.05) is 62.4 Å². The first-order valence-electron chi connectivity index (χ1n) is 8.50. The first-order valence-corrected chi connectivity index (χ1v) is 8.50. The first kappa shape index (κ1) is 16.8. The number of pyridine rings is 1. The average molecular weight is 359 g/mol. The fraction of sp³-hybridized carbons (Fsp3) is 0.0952. The second kappa shape index (κ2) is 6.57. The highest BCUT2D eigenvalue weighted by Gasteiger charge is 2.19. The zero-order valence-electron chi connectivity index (χ0n) is 14.9. The standard InChI is InChI=1S/C21H17N3O3/c1-12-6-5-8-15-13(2)19(27-18(12)15)21(26)24-23-20(25)17-11-10-14-7-3-4-9-16(14)22-17/h3-11H,1-2H3,(H,23,25)(H,24,26). The lowest BCUT2D eigenvalue weighted by molar-refractivity contribution is 0.0829.